The third-order valence-electron chi connectivity index (χ3n) is 2.41. The van der Waals surface area contributed by atoms with E-state index in [4.69, 9.17) is 5.73 Å². The Kier molecular flexibility index (Phi) is 3.80. The van der Waals surface area contributed by atoms with Gasteiger partial charge in [-0.05, 0) is 36.4 Å². The third kappa shape index (κ3) is 3.08. The Morgan fingerprint density at radius 2 is 1.79 bits per heavy atom. The number of rotatable bonds is 2. The van der Waals surface area contributed by atoms with E-state index in [1.807, 2.05) is 0 Å². The molecule has 2 rings (SSSR count). The molecule has 6 heteroatoms. The number of carbonyl (C=O) groups excluding carboxylic acids is 1. The quantitative estimate of drug-likeness (QED) is 0.829. The van der Waals surface area contributed by atoms with Gasteiger partial charge in [-0.2, -0.15) is 0 Å². The Morgan fingerprint density at radius 3 is 2.53 bits per heavy atom. The zero-order valence-corrected chi connectivity index (χ0v) is 11.2. The number of nitrogens with one attached hydrogen (secondary N) is 1. The zero-order chi connectivity index (χ0) is 14.0. The van der Waals surface area contributed by atoms with Crippen LogP contribution in [0.1, 0.15) is 10.4 Å². The molecule has 0 aliphatic heterocycles. The van der Waals surface area contributed by atoms with Gasteiger partial charge in [0.2, 0.25) is 0 Å². The fourth-order valence-corrected chi connectivity index (χ4v) is 1.86. The number of halogens is 3. The first-order chi connectivity index (χ1) is 8.97. The molecule has 3 nitrogen and oxygen atoms in total. The van der Waals surface area contributed by atoms with Crippen LogP contribution < -0.4 is 11.1 Å². The van der Waals surface area contributed by atoms with Crippen molar-refractivity contribution in [1.29, 1.82) is 0 Å². The largest absolute Gasteiger partial charge is 0.399 e. The van der Waals surface area contributed by atoms with Crippen LogP contribution in [0.15, 0.2) is 40.9 Å². The van der Waals surface area contributed by atoms with Gasteiger partial charge in [-0.3, -0.25) is 4.79 Å². The van der Waals surface area contributed by atoms with E-state index < -0.39 is 17.5 Å². The monoisotopic (exact) mass is 326 g/mol. The van der Waals surface area contributed by atoms with Crippen molar-refractivity contribution in [2.75, 3.05) is 11.1 Å². The fraction of sp³-hybridized carbons (Fsp3) is 0. The summed E-state index contributed by atoms with van der Waals surface area (Å²) in [6.07, 6.45) is 0. The Morgan fingerprint density at radius 1 is 1.11 bits per heavy atom. The molecule has 2 aromatic rings. The molecule has 0 aromatic heterocycles. The van der Waals surface area contributed by atoms with E-state index in [9.17, 15) is 13.6 Å². The van der Waals surface area contributed by atoms with Crippen LogP contribution >= 0.6 is 15.9 Å². The number of nitrogens with two attached hydrogens (primary N) is 1. The minimum atomic E-state index is -0.747. The van der Waals surface area contributed by atoms with Gasteiger partial charge in [0.25, 0.3) is 5.91 Å². The smallest absolute Gasteiger partial charge is 0.258 e. The average molecular weight is 327 g/mol. The zero-order valence-electron chi connectivity index (χ0n) is 9.58. The summed E-state index contributed by atoms with van der Waals surface area (Å²) in [6.45, 7) is 0. The van der Waals surface area contributed by atoms with Crippen LogP contribution in [0.3, 0.4) is 0 Å². The highest BCUT2D eigenvalue weighted by molar-refractivity contribution is 9.10. The van der Waals surface area contributed by atoms with Gasteiger partial charge in [0.15, 0.2) is 0 Å². The molecule has 19 heavy (non-hydrogen) atoms. The first kappa shape index (κ1) is 13.5. The minimum Gasteiger partial charge on any atom is -0.399 e. The third-order valence-corrected chi connectivity index (χ3v) is 2.90. The lowest BCUT2D eigenvalue weighted by atomic mass is 10.2. The summed E-state index contributed by atoms with van der Waals surface area (Å²) in [4.78, 5) is 11.9. The lowest BCUT2D eigenvalue weighted by Gasteiger charge is -2.08. The van der Waals surface area contributed by atoms with E-state index in [0.717, 1.165) is 12.1 Å². The molecular weight excluding hydrogens is 318 g/mol. The molecule has 0 heterocycles. The van der Waals surface area contributed by atoms with Crippen LogP contribution in [0.4, 0.5) is 20.2 Å². The van der Waals surface area contributed by atoms with Crippen LogP contribution in [0.2, 0.25) is 0 Å². The predicted molar refractivity (Wildman–Crippen MR) is 72.9 cm³/mol. The molecule has 0 atom stereocenters. The number of carbonyl (C=O) groups is 1. The Hall–Kier alpha value is -1.95. The van der Waals surface area contributed by atoms with Gasteiger partial charge in [-0.15, -0.1) is 0 Å². The van der Waals surface area contributed by atoms with Crippen molar-refractivity contribution in [3.05, 3.63) is 58.1 Å². The lowest BCUT2D eigenvalue weighted by Crippen LogP contribution is -2.15. The van der Waals surface area contributed by atoms with Crippen molar-refractivity contribution in [3.8, 4) is 0 Å². The van der Waals surface area contributed by atoms with E-state index in [1.54, 1.807) is 0 Å². The first-order valence-corrected chi connectivity index (χ1v) is 6.08. The second kappa shape index (κ2) is 5.36. The van der Waals surface area contributed by atoms with E-state index in [0.29, 0.717) is 10.2 Å². The molecule has 0 saturated heterocycles. The number of hydrogen-bond donors (Lipinski definition) is 2. The van der Waals surface area contributed by atoms with Gasteiger partial charge < -0.3 is 11.1 Å². The van der Waals surface area contributed by atoms with Crippen molar-refractivity contribution < 1.29 is 13.6 Å². The van der Waals surface area contributed by atoms with Crippen molar-refractivity contribution in [2.45, 2.75) is 0 Å². The van der Waals surface area contributed by atoms with E-state index >= 15 is 0 Å². The van der Waals surface area contributed by atoms with Crippen molar-refractivity contribution in [2.24, 2.45) is 0 Å². The second-order valence-corrected chi connectivity index (χ2v) is 4.73. The maximum absolute atomic E-state index is 13.5. The van der Waals surface area contributed by atoms with Crippen molar-refractivity contribution >= 4 is 33.2 Å². The molecular formula is C13H9BrF2N2O. The average Bonchev–Trinajstić information content (AvgIpc) is 2.36. The fourth-order valence-electron chi connectivity index (χ4n) is 1.50. The number of nitrogen functional groups attached to an aromatic ring is 1. The Labute approximate surface area is 116 Å². The molecule has 2 aromatic carbocycles. The molecule has 0 radical (unpaired) electrons. The highest BCUT2D eigenvalue weighted by Gasteiger charge is 2.14. The second-order valence-electron chi connectivity index (χ2n) is 3.82. The molecule has 0 spiro atoms. The maximum Gasteiger partial charge on any atom is 0.258 e. The normalized spacial score (nSPS) is 10.3. The molecule has 98 valence electrons. The molecule has 0 aliphatic rings. The van der Waals surface area contributed by atoms with Crippen molar-refractivity contribution in [3.63, 3.8) is 0 Å². The van der Waals surface area contributed by atoms with Gasteiger partial charge in [0, 0.05) is 10.2 Å². The van der Waals surface area contributed by atoms with Gasteiger partial charge in [0.05, 0.1) is 11.3 Å². The number of amides is 1. The number of hydrogen-bond acceptors (Lipinski definition) is 2. The standard InChI is InChI=1S/C13H9BrF2N2O/c14-7-1-3-10(15)9(5-7)13(19)18-12-6-8(17)2-4-11(12)16/h1-6H,17H2,(H,18,19). The first-order valence-electron chi connectivity index (χ1n) is 5.29. The van der Waals surface area contributed by atoms with Gasteiger partial charge >= 0.3 is 0 Å². The van der Waals surface area contributed by atoms with E-state index in [-0.39, 0.29) is 11.3 Å². The van der Waals surface area contributed by atoms with Crippen LogP contribution in [0.5, 0.6) is 0 Å². The van der Waals surface area contributed by atoms with Crippen LogP contribution in [0.25, 0.3) is 0 Å². The summed E-state index contributed by atoms with van der Waals surface area (Å²) in [6, 6.07) is 7.69. The minimum absolute atomic E-state index is 0.0932. The molecule has 3 N–H and O–H groups in total. The molecule has 0 aliphatic carbocycles. The summed E-state index contributed by atoms with van der Waals surface area (Å²) in [5.41, 5.74) is 5.52. The van der Waals surface area contributed by atoms with Crippen LogP contribution in [0, 0.1) is 11.6 Å². The molecule has 1 amide bonds. The Balaban J connectivity index is 2.30. The van der Waals surface area contributed by atoms with E-state index in [1.165, 1.54) is 24.3 Å². The summed E-state index contributed by atoms with van der Waals surface area (Å²) in [7, 11) is 0. The molecule has 0 bridgehead atoms. The van der Waals surface area contributed by atoms with Crippen molar-refractivity contribution in [1.82, 2.24) is 0 Å². The molecule has 0 fully saturated rings. The lowest BCUT2D eigenvalue weighted by molar-refractivity contribution is 0.102. The highest BCUT2D eigenvalue weighted by atomic mass is 79.9. The summed E-state index contributed by atoms with van der Waals surface area (Å²) in [5, 5.41) is 2.28. The Bertz CT molecular complexity index is 647. The summed E-state index contributed by atoms with van der Waals surface area (Å²) in [5.74, 6) is -2.08. The highest BCUT2D eigenvalue weighted by Crippen LogP contribution is 2.20. The maximum atomic E-state index is 13.5. The van der Waals surface area contributed by atoms with Gasteiger partial charge in [0.1, 0.15) is 11.6 Å². The van der Waals surface area contributed by atoms with E-state index in [2.05, 4.69) is 21.2 Å². The van der Waals surface area contributed by atoms with Crippen LogP contribution in [-0.4, -0.2) is 5.91 Å². The topological polar surface area (TPSA) is 55.1 Å². The molecule has 0 unspecified atom stereocenters. The summed E-state index contributed by atoms with van der Waals surface area (Å²) >= 11 is 3.14. The number of benzene rings is 2. The number of anilines is 2. The SMILES string of the molecule is Nc1ccc(F)c(NC(=O)c2cc(Br)ccc2F)c1. The predicted octanol–water partition coefficient (Wildman–Crippen LogP) is 3.56. The summed E-state index contributed by atoms with van der Waals surface area (Å²) < 4.78 is 27.5. The van der Waals surface area contributed by atoms with Crippen LogP contribution in [-0.2, 0) is 0 Å². The van der Waals surface area contributed by atoms with Gasteiger partial charge in [-0.25, -0.2) is 8.78 Å². The van der Waals surface area contributed by atoms with Gasteiger partial charge in [-0.1, -0.05) is 15.9 Å². The molecule has 0 saturated carbocycles.